The van der Waals surface area contributed by atoms with E-state index in [9.17, 15) is 42.3 Å². The Balaban J connectivity index is 0.000000162. The normalized spacial score (nSPS) is 16.6. The molecule has 1 atom stereocenters. The highest BCUT2D eigenvalue weighted by molar-refractivity contribution is 7.14. The highest BCUT2D eigenvalue weighted by Crippen LogP contribution is 2.48. The summed E-state index contributed by atoms with van der Waals surface area (Å²) in [4.78, 5) is 107. The number of ether oxygens (including phenoxy) is 3. The lowest BCUT2D eigenvalue weighted by atomic mass is 9.84. The Labute approximate surface area is 806 Å². The monoisotopic (exact) mass is 1880 g/mol. The number of likely N-dealkylation sites (tertiary alicyclic amines) is 1. The van der Waals surface area contributed by atoms with Crippen molar-refractivity contribution in [1.82, 2.24) is 39.3 Å². The number of rotatable bonds is 17. The highest BCUT2D eigenvalue weighted by Gasteiger charge is 2.39. The molecule has 0 bridgehead atoms. The lowest BCUT2D eigenvalue weighted by Crippen LogP contribution is -2.41. The van der Waals surface area contributed by atoms with E-state index in [2.05, 4.69) is 188 Å². The number of carbonyl (C=O) groups excluding carboxylic acids is 6. The zero-order valence-electron chi connectivity index (χ0n) is 86.0. The number of nitrogens with one attached hydrogen (secondary N) is 1. The molecule has 134 heavy (non-hydrogen) atoms. The summed E-state index contributed by atoms with van der Waals surface area (Å²) in [5.74, 6) is 5.96. The number of halogens is 2. The van der Waals surface area contributed by atoms with Gasteiger partial charge < -0.3 is 44.0 Å². The second-order valence-corrected chi connectivity index (χ2v) is 47.7. The summed E-state index contributed by atoms with van der Waals surface area (Å²) in [6.07, 6.45) is 11.0. The van der Waals surface area contributed by atoms with Crippen LogP contribution in [0.25, 0.3) is 10.8 Å². The standard InChI is InChI=1S/C18H27NO.C17H25NO.C16H21FN2O.C16H20FNO2.C16H25N3O3.C14H21NOS.C13H17NOS/c1-13(2)16-7-6-12-19(16)17(20)14-8-10-15(11-9-14)18(3,4)5;1-12(2)11-18-9-8-13-10-14(17(3,4)5)6-7-15(13)16(18)19;1-10(2)9-19-15(20)14-11(8-18-19)6-12(7-13(14)17)16(3,4)5;1-10(2)9-18-5-6-20-14-8-12(11-3-4-11)7-13(17)15(14)16(18)19;1-11(2)10-18-14-13-12(6-7-17-14)19(8-9-21-13)15(20)22-16(3,4)5;1-9(2)7-15-8-10-6-11(14(3,4)5)17-12(10)13(15)16;1-8(2)6-14-7-10-5-11(9-3-4-9)16-12(10)13(14)15/h8-11,13,16H,6-7,12H2,1-5H3;6-7,10,12H,8-9,11H2,1-5H3;6-8,10H,9H2,1-5H3;7-8,10-11H,3-6,9H2,1-2H3;6-7,11H,8-10H2,1-5H3,(H,17,18);6,9H,7-8H2,1-5H3;5,8-9H,3-4,6-7H2,1-2H3. The first-order valence-corrected chi connectivity index (χ1v) is 50.7. The number of nitrogens with zero attached hydrogens (tertiary/aromatic N) is 9. The van der Waals surface area contributed by atoms with Crippen LogP contribution >= 0.6 is 22.7 Å². The van der Waals surface area contributed by atoms with E-state index < -0.39 is 17.2 Å². The van der Waals surface area contributed by atoms with E-state index in [1.165, 1.54) is 67.2 Å². The fourth-order valence-electron chi connectivity index (χ4n) is 17.0. The Bertz CT molecular complexity index is 5470. The Kier molecular flexibility index (Phi) is 35.5. The molecule has 6 aliphatic heterocycles. The second kappa shape index (κ2) is 44.7. The molecule has 2 aliphatic carbocycles. The van der Waals surface area contributed by atoms with Crippen LogP contribution in [-0.2, 0) is 52.5 Å². The van der Waals surface area contributed by atoms with E-state index in [4.69, 9.17) is 14.2 Å². The van der Waals surface area contributed by atoms with Crippen molar-refractivity contribution >= 4 is 80.6 Å². The Morgan fingerprint density at radius 3 is 1.60 bits per heavy atom. The average Bonchev–Trinajstić information content (AvgIpc) is 1.44. The van der Waals surface area contributed by atoms with Crippen LogP contribution in [0.4, 0.5) is 25.1 Å². The van der Waals surface area contributed by atoms with Gasteiger partial charge in [-0.15, -0.1) is 22.7 Å². The number of anilines is 2. The third kappa shape index (κ3) is 28.6. The minimum absolute atomic E-state index is 0.104. The fourth-order valence-corrected chi connectivity index (χ4v) is 19.6. The van der Waals surface area contributed by atoms with Crippen molar-refractivity contribution in [2.45, 2.75) is 311 Å². The van der Waals surface area contributed by atoms with Gasteiger partial charge in [0.1, 0.15) is 41.8 Å². The number of hydrogen-bond donors (Lipinski definition) is 1. The van der Waals surface area contributed by atoms with E-state index in [1.807, 2.05) is 114 Å². The first-order valence-electron chi connectivity index (χ1n) is 49.1. The molecule has 1 unspecified atom stereocenters. The van der Waals surface area contributed by atoms with Gasteiger partial charge in [0.05, 0.1) is 40.1 Å². The van der Waals surface area contributed by atoms with Gasteiger partial charge >= 0.3 is 6.09 Å². The molecule has 24 heteroatoms. The molecule has 20 nitrogen and oxygen atoms in total. The molecule has 2 saturated carbocycles. The number of fused-ring (bicyclic) bond motifs is 6. The minimum Gasteiger partial charge on any atom is -0.491 e. The topological polar surface area (TPSA) is 209 Å². The van der Waals surface area contributed by atoms with Crippen LogP contribution in [0.5, 0.6) is 11.5 Å². The molecule has 10 heterocycles. The molecule has 8 aliphatic rings. The second-order valence-electron chi connectivity index (χ2n) is 45.6. The Hall–Kier alpha value is -9.55. The van der Waals surface area contributed by atoms with Crippen molar-refractivity contribution < 1.29 is 51.8 Å². The van der Waals surface area contributed by atoms with Gasteiger partial charge in [0, 0.05) is 104 Å². The Morgan fingerprint density at radius 1 is 0.522 bits per heavy atom. The van der Waals surface area contributed by atoms with Crippen LogP contribution < -0.4 is 25.2 Å². The van der Waals surface area contributed by atoms with Gasteiger partial charge in [0.2, 0.25) is 0 Å². The van der Waals surface area contributed by atoms with Gasteiger partial charge in [-0.1, -0.05) is 204 Å². The number of thiophene rings is 2. The molecule has 0 radical (unpaired) electrons. The maximum Gasteiger partial charge on any atom is 0.415 e. The molecular weight excluding hydrogens is 1720 g/mol. The predicted molar refractivity (Wildman–Crippen MR) is 543 cm³/mol. The van der Waals surface area contributed by atoms with Crippen molar-refractivity contribution in [1.29, 1.82) is 0 Å². The number of hydrogen-bond acceptors (Lipinski definition) is 15. The number of aromatic nitrogens is 3. The lowest BCUT2D eigenvalue weighted by molar-refractivity contribution is 0.0566. The predicted octanol–water partition coefficient (Wildman–Crippen LogP) is 24.7. The van der Waals surface area contributed by atoms with Crippen molar-refractivity contribution in [3.63, 3.8) is 0 Å². The first kappa shape index (κ1) is 106. The summed E-state index contributed by atoms with van der Waals surface area (Å²) >= 11 is 3.42. The minimum atomic E-state index is -0.526. The number of pyridine rings is 1. The molecule has 3 fully saturated rings. The van der Waals surface area contributed by atoms with Crippen molar-refractivity contribution in [3.8, 4) is 11.5 Å². The van der Waals surface area contributed by atoms with Crippen LogP contribution in [0.2, 0.25) is 0 Å². The number of benzene rings is 4. The fraction of sp³-hybridized carbons (Fsp3) is 0.591. The van der Waals surface area contributed by atoms with Crippen molar-refractivity contribution in [2.24, 2.45) is 41.4 Å². The largest absolute Gasteiger partial charge is 0.491 e. The maximum absolute atomic E-state index is 14.3. The Morgan fingerprint density at radius 2 is 1.07 bits per heavy atom. The SMILES string of the molecule is CC(C)C1CCCN1C(=O)c1ccc(C(C)(C)C)cc1.CC(C)CN1CCOc2cc(C3CC3)cc(F)c2C1=O.CC(C)CN1CCc2cc(C(C)(C)C)ccc2C1=O.CC(C)CN1Cc2cc(C(C)(C)C)sc2C1=O.CC(C)CN1Cc2cc(C3CC3)sc2C1=O.CC(C)CNc1nccc2c1OCCN2C(=O)OC(C)(C)C.CC(C)Cn1ncc2cc(C(C)(C)C)cc(F)c2c1=O. The molecule has 4 aromatic heterocycles. The van der Waals surface area contributed by atoms with Gasteiger partial charge in [-0.2, -0.15) is 5.10 Å². The summed E-state index contributed by atoms with van der Waals surface area (Å²) in [6, 6.07) is 27.9. The smallest absolute Gasteiger partial charge is 0.415 e. The summed E-state index contributed by atoms with van der Waals surface area (Å²) < 4.78 is 46.8. The van der Waals surface area contributed by atoms with Gasteiger partial charge in [-0.3, -0.25) is 33.7 Å². The maximum atomic E-state index is 14.3. The van der Waals surface area contributed by atoms with Crippen molar-refractivity contribution in [2.75, 3.05) is 82.3 Å². The van der Waals surface area contributed by atoms with Crippen molar-refractivity contribution in [3.05, 3.63) is 194 Å². The first-order chi connectivity index (χ1) is 62.6. The lowest BCUT2D eigenvalue weighted by Gasteiger charge is -2.32. The summed E-state index contributed by atoms with van der Waals surface area (Å²) in [5, 5.41) is 8.12. The third-order valence-electron chi connectivity index (χ3n) is 24.4. The van der Waals surface area contributed by atoms with Crippen LogP contribution in [0.15, 0.2) is 102 Å². The molecule has 4 aromatic carbocycles. The number of amides is 6. The van der Waals surface area contributed by atoms with E-state index in [1.54, 1.807) is 50.9 Å². The summed E-state index contributed by atoms with van der Waals surface area (Å²) in [6.45, 7) is 70.9. The van der Waals surface area contributed by atoms with Crippen LogP contribution in [0.1, 0.15) is 350 Å². The summed E-state index contributed by atoms with van der Waals surface area (Å²) in [7, 11) is 0. The molecule has 0 spiro atoms. The van der Waals surface area contributed by atoms with Gasteiger partial charge in [-0.05, 0) is 240 Å². The van der Waals surface area contributed by atoms with E-state index in [-0.39, 0.29) is 79.7 Å². The van der Waals surface area contributed by atoms with E-state index >= 15 is 0 Å². The highest BCUT2D eigenvalue weighted by atomic mass is 32.1. The van der Waals surface area contributed by atoms with Crippen LogP contribution in [-0.4, -0.2) is 159 Å². The van der Waals surface area contributed by atoms with Crippen LogP contribution in [0, 0.1) is 53.1 Å². The van der Waals surface area contributed by atoms with Gasteiger partial charge in [0.25, 0.3) is 35.1 Å². The summed E-state index contributed by atoms with van der Waals surface area (Å²) in [5.41, 5.74) is 10.1. The average molecular weight is 1880 g/mol. The van der Waals surface area contributed by atoms with Gasteiger partial charge in [0.15, 0.2) is 11.6 Å². The number of carbonyl (C=O) groups is 6. The van der Waals surface area contributed by atoms with E-state index in [0.29, 0.717) is 115 Å². The molecule has 1 saturated heterocycles. The van der Waals surface area contributed by atoms with Gasteiger partial charge in [-0.25, -0.2) is 23.2 Å². The third-order valence-corrected chi connectivity index (χ3v) is 27.4. The molecule has 8 aromatic rings. The zero-order valence-corrected chi connectivity index (χ0v) is 87.7. The van der Waals surface area contributed by atoms with E-state index in [0.717, 1.165) is 122 Å². The quantitative estimate of drug-likeness (QED) is 0.0900. The van der Waals surface area contributed by atoms with Crippen LogP contribution in [0.3, 0.4) is 0 Å². The zero-order chi connectivity index (χ0) is 98.9. The molecule has 16 rings (SSSR count). The molecular formula is C110H156F2N10O10S2. The molecule has 1 N–H and O–H groups in total. The molecule has 6 amide bonds. The molecule has 732 valence electrons.